The van der Waals surface area contributed by atoms with Gasteiger partial charge < -0.3 is 15.1 Å². The van der Waals surface area contributed by atoms with Gasteiger partial charge in [-0.05, 0) is 32.4 Å². The molecule has 1 heterocycles. The Bertz CT molecular complexity index is 473. The lowest BCUT2D eigenvalue weighted by molar-refractivity contribution is 0.372. The van der Waals surface area contributed by atoms with Crippen molar-refractivity contribution in [2.45, 2.75) is 20.3 Å². The summed E-state index contributed by atoms with van der Waals surface area (Å²) in [5.41, 5.74) is 1.32. The molecule has 0 amide bonds. The van der Waals surface area contributed by atoms with Gasteiger partial charge in [-0.2, -0.15) is 0 Å². The first kappa shape index (κ1) is 16.4. The Morgan fingerprint density at radius 3 is 2.55 bits per heavy atom. The molecule has 0 bridgehead atoms. The maximum absolute atomic E-state index is 4.73. The van der Waals surface area contributed by atoms with Crippen molar-refractivity contribution in [2.24, 2.45) is 4.99 Å². The lowest BCUT2D eigenvalue weighted by atomic mass is 10.2. The van der Waals surface area contributed by atoms with Crippen LogP contribution in [0.25, 0.3) is 0 Å². The van der Waals surface area contributed by atoms with Gasteiger partial charge in [-0.15, -0.1) is 0 Å². The average molecular weight is 300 g/mol. The van der Waals surface area contributed by atoms with Crippen LogP contribution in [0.1, 0.15) is 20.3 Å². The molecule has 1 fully saturated rings. The van der Waals surface area contributed by atoms with Crippen molar-refractivity contribution in [1.29, 1.82) is 0 Å². The molecule has 0 aromatic heterocycles. The van der Waals surface area contributed by atoms with Crippen LogP contribution in [0.15, 0.2) is 47.5 Å². The Balaban J connectivity index is 1.89. The van der Waals surface area contributed by atoms with E-state index in [9.17, 15) is 0 Å². The van der Waals surface area contributed by atoms with E-state index in [1.807, 2.05) is 0 Å². The van der Waals surface area contributed by atoms with Gasteiger partial charge in [0.1, 0.15) is 0 Å². The van der Waals surface area contributed by atoms with E-state index in [2.05, 4.69) is 71.4 Å². The van der Waals surface area contributed by atoms with Gasteiger partial charge >= 0.3 is 0 Å². The third kappa shape index (κ3) is 4.79. The zero-order valence-electron chi connectivity index (χ0n) is 13.8. The number of allylic oxidation sites excluding steroid dienone is 1. The number of aliphatic imine (C=N–C) groups is 1. The minimum absolute atomic E-state index is 0.853. The highest BCUT2D eigenvalue weighted by atomic mass is 15.3. The number of hydrogen-bond acceptors (Lipinski definition) is 2. The summed E-state index contributed by atoms with van der Waals surface area (Å²) < 4.78 is 0. The van der Waals surface area contributed by atoms with E-state index in [-0.39, 0.29) is 0 Å². The molecule has 0 atom stereocenters. The molecule has 0 unspecified atom stereocenters. The van der Waals surface area contributed by atoms with Gasteiger partial charge in [0.15, 0.2) is 5.96 Å². The summed E-state index contributed by atoms with van der Waals surface area (Å²) in [7, 11) is 0. The van der Waals surface area contributed by atoms with Gasteiger partial charge in [0.2, 0.25) is 0 Å². The minimum Gasteiger partial charge on any atom is -0.368 e. The summed E-state index contributed by atoms with van der Waals surface area (Å²) >= 11 is 0. The van der Waals surface area contributed by atoms with Crippen LogP contribution < -0.4 is 10.2 Å². The van der Waals surface area contributed by atoms with Gasteiger partial charge in [0.05, 0.1) is 0 Å². The van der Waals surface area contributed by atoms with Gasteiger partial charge in [-0.25, -0.2) is 0 Å². The van der Waals surface area contributed by atoms with Crippen molar-refractivity contribution in [2.75, 3.05) is 44.2 Å². The quantitative estimate of drug-likeness (QED) is 0.393. The smallest absolute Gasteiger partial charge is 0.194 e. The molecule has 4 nitrogen and oxygen atoms in total. The van der Waals surface area contributed by atoms with Gasteiger partial charge in [-0.3, -0.25) is 4.99 Å². The SMILES string of the molecule is C/C=C/CCN=C(NCC)N1CCN(c2ccccc2)CC1. The Morgan fingerprint density at radius 2 is 1.91 bits per heavy atom. The van der Waals surface area contributed by atoms with Crippen LogP contribution >= 0.6 is 0 Å². The topological polar surface area (TPSA) is 30.9 Å². The van der Waals surface area contributed by atoms with Crippen LogP contribution in [0.3, 0.4) is 0 Å². The number of anilines is 1. The first-order valence-electron chi connectivity index (χ1n) is 8.29. The van der Waals surface area contributed by atoms with E-state index in [0.717, 1.165) is 51.6 Å². The van der Waals surface area contributed by atoms with Gasteiger partial charge in [0, 0.05) is 45.0 Å². The Morgan fingerprint density at radius 1 is 1.18 bits per heavy atom. The number of nitrogens with one attached hydrogen (secondary N) is 1. The molecule has 22 heavy (non-hydrogen) atoms. The van der Waals surface area contributed by atoms with Crippen molar-refractivity contribution >= 4 is 11.6 Å². The first-order valence-corrected chi connectivity index (χ1v) is 8.29. The van der Waals surface area contributed by atoms with Crippen LogP contribution in [0.2, 0.25) is 0 Å². The normalized spacial score (nSPS) is 16.4. The lowest BCUT2D eigenvalue weighted by Gasteiger charge is -2.37. The highest BCUT2D eigenvalue weighted by molar-refractivity contribution is 5.80. The summed E-state index contributed by atoms with van der Waals surface area (Å²) in [6.07, 6.45) is 5.26. The van der Waals surface area contributed by atoms with Crippen molar-refractivity contribution in [3.05, 3.63) is 42.5 Å². The molecule has 1 aromatic rings. The largest absolute Gasteiger partial charge is 0.368 e. The number of benzene rings is 1. The monoisotopic (exact) mass is 300 g/mol. The van der Waals surface area contributed by atoms with Crippen molar-refractivity contribution in [1.82, 2.24) is 10.2 Å². The number of nitrogens with zero attached hydrogens (tertiary/aromatic N) is 3. The molecule has 2 rings (SSSR count). The number of guanidine groups is 1. The molecule has 1 aromatic carbocycles. The van der Waals surface area contributed by atoms with Crippen molar-refractivity contribution < 1.29 is 0 Å². The third-order valence-corrected chi connectivity index (χ3v) is 3.83. The Hall–Kier alpha value is -1.97. The predicted octanol–water partition coefficient (Wildman–Crippen LogP) is 2.74. The molecule has 1 saturated heterocycles. The second-order valence-electron chi connectivity index (χ2n) is 5.40. The van der Waals surface area contributed by atoms with E-state index in [1.165, 1.54) is 5.69 Å². The summed E-state index contributed by atoms with van der Waals surface area (Å²) in [4.78, 5) is 9.55. The third-order valence-electron chi connectivity index (χ3n) is 3.83. The van der Waals surface area contributed by atoms with Crippen molar-refractivity contribution in [3.63, 3.8) is 0 Å². The van der Waals surface area contributed by atoms with Crippen LogP contribution in [-0.4, -0.2) is 50.1 Å². The molecule has 4 heteroatoms. The van der Waals surface area contributed by atoms with Crippen molar-refractivity contribution in [3.8, 4) is 0 Å². The lowest BCUT2D eigenvalue weighted by Crippen LogP contribution is -2.52. The molecule has 0 radical (unpaired) electrons. The van der Waals surface area contributed by atoms with Crippen LogP contribution in [-0.2, 0) is 0 Å². The number of piperazine rings is 1. The molecule has 0 spiro atoms. The second-order valence-corrected chi connectivity index (χ2v) is 5.40. The number of hydrogen-bond donors (Lipinski definition) is 1. The standard InChI is InChI=1S/C18H28N4/c1-3-5-9-12-20-18(19-4-2)22-15-13-21(14-16-22)17-10-7-6-8-11-17/h3,5-8,10-11H,4,9,12-16H2,1-2H3,(H,19,20)/b5-3+. The highest BCUT2D eigenvalue weighted by Crippen LogP contribution is 2.15. The van der Waals surface area contributed by atoms with Gasteiger partial charge in [-0.1, -0.05) is 30.4 Å². The highest BCUT2D eigenvalue weighted by Gasteiger charge is 2.19. The molecule has 1 aliphatic heterocycles. The Kier molecular flexibility index (Phi) is 6.81. The molecule has 120 valence electrons. The van der Waals surface area contributed by atoms with E-state index >= 15 is 0 Å². The van der Waals surface area contributed by atoms with Crippen LogP contribution in [0, 0.1) is 0 Å². The minimum atomic E-state index is 0.853. The van der Waals surface area contributed by atoms with Crippen LogP contribution in [0.4, 0.5) is 5.69 Å². The summed E-state index contributed by atoms with van der Waals surface area (Å²) in [5.74, 6) is 1.06. The zero-order chi connectivity index (χ0) is 15.6. The zero-order valence-corrected chi connectivity index (χ0v) is 13.8. The summed E-state index contributed by atoms with van der Waals surface area (Å²) in [6, 6.07) is 10.7. The van der Waals surface area contributed by atoms with E-state index in [0.29, 0.717) is 0 Å². The molecule has 1 N–H and O–H groups in total. The number of para-hydroxylation sites is 1. The molecule has 0 saturated carbocycles. The van der Waals surface area contributed by atoms with E-state index in [1.54, 1.807) is 0 Å². The fourth-order valence-electron chi connectivity index (χ4n) is 2.65. The summed E-state index contributed by atoms with van der Waals surface area (Å²) in [5, 5.41) is 3.42. The maximum atomic E-state index is 4.73. The second kappa shape index (κ2) is 9.13. The fourth-order valence-corrected chi connectivity index (χ4v) is 2.65. The van der Waals surface area contributed by atoms with E-state index in [4.69, 9.17) is 4.99 Å². The van der Waals surface area contributed by atoms with E-state index < -0.39 is 0 Å². The van der Waals surface area contributed by atoms with Gasteiger partial charge in [0.25, 0.3) is 0 Å². The Labute approximate surface area is 134 Å². The van der Waals surface area contributed by atoms with Crippen LogP contribution in [0.5, 0.6) is 0 Å². The number of rotatable bonds is 5. The molecule has 1 aliphatic rings. The first-order chi connectivity index (χ1) is 10.8. The summed E-state index contributed by atoms with van der Waals surface area (Å²) in [6.45, 7) is 10.1. The fraction of sp³-hybridized carbons (Fsp3) is 0.500. The predicted molar refractivity (Wildman–Crippen MR) is 95.6 cm³/mol. The molecule has 0 aliphatic carbocycles. The average Bonchev–Trinajstić information content (AvgIpc) is 2.59. The molecular formula is C18H28N4. The molecular weight excluding hydrogens is 272 g/mol. The maximum Gasteiger partial charge on any atom is 0.194 e.